The predicted molar refractivity (Wildman–Crippen MR) is 64.2 cm³/mol. The van der Waals surface area contributed by atoms with Crippen LogP contribution in [0.1, 0.15) is 11.7 Å². The summed E-state index contributed by atoms with van der Waals surface area (Å²) in [5.74, 6) is -2.16. The molecule has 1 aromatic rings. The number of alkyl halides is 3. The number of aliphatic hydroxyl groups is 2. The zero-order valence-electron chi connectivity index (χ0n) is 9.49. The topological polar surface area (TPSA) is 69.6 Å². The van der Waals surface area contributed by atoms with Crippen molar-refractivity contribution in [2.45, 2.75) is 18.4 Å². The molecule has 0 heterocycles. The highest BCUT2D eigenvalue weighted by atomic mass is 79.9. The van der Waals surface area contributed by atoms with Gasteiger partial charge < -0.3 is 15.5 Å². The Morgan fingerprint density at radius 3 is 2.53 bits per heavy atom. The first kappa shape index (κ1) is 15.9. The van der Waals surface area contributed by atoms with Crippen molar-refractivity contribution in [2.24, 2.45) is 0 Å². The zero-order valence-corrected chi connectivity index (χ0v) is 11.1. The minimum Gasteiger partial charge on any atom is -0.388 e. The van der Waals surface area contributed by atoms with E-state index < -0.39 is 30.8 Å². The van der Waals surface area contributed by atoms with Gasteiger partial charge in [-0.25, -0.2) is 0 Å². The van der Waals surface area contributed by atoms with Crippen LogP contribution in [0.3, 0.4) is 0 Å². The van der Waals surface area contributed by atoms with Crippen LogP contribution in [0.4, 0.5) is 13.2 Å². The Morgan fingerprint density at radius 2 is 2.00 bits per heavy atom. The first-order valence-electron chi connectivity index (χ1n) is 5.18. The highest BCUT2D eigenvalue weighted by Crippen LogP contribution is 2.21. The summed E-state index contributed by atoms with van der Waals surface area (Å²) in [4.78, 5) is 10.5. The number of aliphatic hydroxyl groups excluding tert-OH is 2. The molecule has 0 aromatic heterocycles. The van der Waals surface area contributed by atoms with Gasteiger partial charge in [0.1, 0.15) is 12.2 Å². The van der Waals surface area contributed by atoms with E-state index in [1.54, 1.807) is 12.1 Å². The molecule has 4 nitrogen and oxygen atoms in total. The number of rotatable bonds is 4. The third-order valence-corrected chi connectivity index (χ3v) is 2.78. The second-order valence-corrected chi connectivity index (χ2v) is 4.69. The maximum Gasteiger partial charge on any atom is 0.471 e. The summed E-state index contributed by atoms with van der Waals surface area (Å²) >= 11 is 3.16. The maximum atomic E-state index is 11.9. The first-order chi connectivity index (χ1) is 8.71. The van der Waals surface area contributed by atoms with Crippen LogP contribution in [-0.2, 0) is 4.79 Å². The van der Waals surface area contributed by atoms with E-state index in [9.17, 15) is 28.2 Å². The fraction of sp³-hybridized carbons (Fsp3) is 0.364. The molecule has 0 bridgehead atoms. The van der Waals surface area contributed by atoms with E-state index in [-0.39, 0.29) is 0 Å². The van der Waals surface area contributed by atoms with Gasteiger partial charge in [-0.1, -0.05) is 28.1 Å². The van der Waals surface area contributed by atoms with Gasteiger partial charge in [0.05, 0.1) is 0 Å². The van der Waals surface area contributed by atoms with Crippen LogP contribution >= 0.6 is 15.9 Å². The molecule has 0 saturated heterocycles. The molecule has 0 aliphatic carbocycles. The Hall–Kier alpha value is -1.12. The third kappa shape index (κ3) is 4.81. The average Bonchev–Trinajstić information content (AvgIpc) is 2.33. The van der Waals surface area contributed by atoms with E-state index in [0.717, 1.165) is 0 Å². The Kier molecular flexibility index (Phi) is 5.33. The van der Waals surface area contributed by atoms with Crippen molar-refractivity contribution in [2.75, 3.05) is 6.54 Å². The Bertz CT molecular complexity index is 453. The second-order valence-electron chi connectivity index (χ2n) is 3.77. The highest BCUT2D eigenvalue weighted by Gasteiger charge is 2.38. The quantitative estimate of drug-likeness (QED) is 0.777. The number of hydrogen-bond acceptors (Lipinski definition) is 3. The molecule has 0 aliphatic heterocycles. The molecular weight excluding hydrogens is 331 g/mol. The van der Waals surface area contributed by atoms with Gasteiger partial charge in [0.2, 0.25) is 0 Å². The molecule has 106 valence electrons. The smallest absolute Gasteiger partial charge is 0.388 e. The van der Waals surface area contributed by atoms with Crippen molar-refractivity contribution in [1.29, 1.82) is 0 Å². The standard InChI is InChI=1S/C11H11BrF3NO3/c12-7-3-1-2-6(4-7)9(18)8(17)5-16-10(19)11(13,14)15/h1-4,8-9,17-18H,5H2,(H,16,19). The van der Waals surface area contributed by atoms with Crippen molar-refractivity contribution in [3.63, 3.8) is 0 Å². The van der Waals surface area contributed by atoms with Gasteiger partial charge in [-0.2, -0.15) is 13.2 Å². The van der Waals surface area contributed by atoms with Crippen LogP contribution in [-0.4, -0.2) is 34.9 Å². The van der Waals surface area contributed by atoms with Gasteiger partial charge in [-0.3, -0.25) is 4.79 Å². The largest absolute Gasteiger partial charge is 0.471 e. The van der Waals surface area contributed by atoms with Crippen molar-refractivity contribution in [3.8, 4) is 0 Å². The number of hydrogen-bond donors (Lipinski definition) is 3. The van der Waals surface area contributed by atoms with Gasteiger partial charge in [-0.05, 0) is 17.7 Å². The van der Waals surface area contributed by atoms with E-state index in [1.165, 1.54) is 17.4 Å². The Balaban J connectivity index is 2.59. The Labute approximate surface area is 115 Å². The summed E-state index contributed by atoms with van der Waals surface area (Å²) in [6, 6.07) is 6.31. The molecule has 2 unspecified atom stereocenters. The lowest BCUT2D eigenvalue weighted by molar-refractivity contribution is -0.174. The fourth-order valence-corrected chi connectivity index (χ4v) is 1.74. The van der Waals surface area contributed by atoms with Crippen molar-refractivity contribution >= 4 is 21.8 Å². The van der Waals surface area contributed by atoms with E-state index in [4.69, 9.17) is 0 Å². The lowest BCUT2D eigenvalue weighted by Gasteiger charge is -2.19. The van der Waals surface area contributed by atoms with Crippen LogP contribution in [0.15, 0.2) is 28.7 Å². The number of carbonyl (C=O) groups is 1. The summed E-state index contributed by atoms with van der Waals surface area (Å²) in [5.41, 5.74) is 0.322. The molecule has 0 radical (unpaired) electrons. The number of carbonyl (C=O) groups excluding carboxylic acids is 1. The van der Waals surface area contributed by atoms with Gasteiger partial charge in [-0.15, -0.1) is 0 Å². The molecule has 1 rings (SSSR count). The minimum atomic E-state index is -5.01. The first-order valence-corrected chi connectivity index (χ1v) is 5.97. The lowest BCUT2D eigenvalue weighted by atomic mass is 10.0. The third-order valence-electron chi connectivity index (χ3n) is 2.28. The predicted octanol–water partition coefficient (Wildman–Crippen LogP) is 1.52. The molecule has 1 aromatic carbocycles. The van der Waals surface area contributed by atoms with E-state index >= 15 is 0 Å². The minimum absolute atomic E-state index is 0.322. The van der Waals surface area contributed by atoms with Gasteiger partial charge in [0, 0.05) is 11.0 Å². The monoisotopic (exact) mass is 341 g/mol. The van der Waals surface area contributed by atoms with Gasteiger partial charge >= 0.3 is 12.1 Å². The van der Waals surface area contributed by atoms with Gasteiger partial charge in [0.15, 0.2) is 0 Å². The fourth-order valence-electron chi connectivity index (χ4n) is 1.32. The van der Waals surface area contributed by atoms with Crippen LogP contribution in [0, 0.1) is 0 Å². The molecule has 1 amide bonds. The molecule has 0 spiro atoms. The van der Waals surface area contributed by atoms with Gasteiger partial charge in [0.25, 0.3) is 0 Å². The summed E-state index contributed by atoms with van der Waals surface area (Å²) < 4.78 is 36.4. The van der Waals surface area contributed by atoms with Crippen molar-refractivity contribution in [3.05, 3.63) is 34.3 Å². The molecule has 2 atom stereocenters. The van der Waals surface area contributed by atoms with Crippen LogP contribution < -0.4 is 5.32 Å². The Morgan fingerprint density at radius 1 is 1.37 bits per heavy atom. The molecule has 8 heteroatoms. The maximum absolute atomic E-state index is 11.9. The molecular formula is C11H11BrF3NO3. The summed E-state index contributed by atoms with van der Waals surface area (Å²) in [6.45, 7) is -0.702. The van der Waals surface area contributed by atoms with Crippen LogP contribution in [0.5, 0.6) is 0 Å². The van der Waals surface area contributed by atoms with E-state index in [1.807, 2.05) is 0 Å². The van der Waals surface area contributed by atoms with Crippen molar-refractivity contribution < 1.29 is 28.2 Å². The zero-order chi connectivity index (χ0) is 14.6. The summed E-state index contributed by atoms with van der Waals surface area (Å²) in [7, 11) is 0. The van der Waals surface area contributed by atoms with Crippen LogP contribution in [0.25, 0.3) is 0 Å². The van der Waals surface area contributed by atoms with E-state index in [2.05, 4.69) is 15.9 Å². The molecule has 3 N–H and O–H groups in total. The van der Waals surface area contributed by atoms with E-state index in [0.29, 0.717) is 10.0 Å². The SMILES string of the molecule is O=C(NCC(O)C(O)c1cccc(Br)c1)C(F)(F)F. The number of benzene rings is 1. The number of halogens is 4. The normalized spacial score (nSPS) is 14.8. The molecule has 19 heavy (non-hydrogen) atoms. The highest BCUT2D eigenvalue weighted by molar-refractivity contribution is 9.10. The second kappa shape index (κ2) is 6.36. The van der Waals surface area contributed by atoms with Crippen LogP contribution in [0.2, 0.25) is 0 Å². The average molecular weight is 342 g/mol. The summed E-state index contributed by atoms with van der Waals surface area (Å²) in [5, 5.41) is 20.8. The summed E-state index contributed by atoms with van der Waals surface area (Å²) in [6.07, 6.45) is -7.95. The molecule has 0 saturated carbocycles. The molecule has 0 fully saturated rings. The molecule has 0 aliphatic rings. The number of amides is 1. The lowest BCUT2D eigenvalue weighted by Crippen LogP contribution is -2.42. The van der Waals surface area contributed by atoms with Crippen molar-refractivity contribution in [1.82, 2.24) is 5.32 Å². The number of nitrogens with one attached hydrogen (secondary N) is 1.